The van der Waals surface area contributed by atoms with Crippen LogP contribution in [0.3, 0.4) is 0 Å². The maximum absolute atomic E-state index is 9.44. The molecule has 0 aliphatic carbocycles. The summed E-state index contributed by atoms with van der Waals surface area (Å²) in [6, 6.07) is 5.30. The molecule has 0 saturated carbocycles. The monoisotopic (exact) mass is 175 g/mol. The van der Waals surface area contributed by atoms with E-state index in [1.165, 1.54) is 0 Å². The molecule has 0 saturated heterocycles. The second-order valence-electron chi connectivity index (χ2n) is 2.77. The minimum atomic E-state index is 0.307. The van der Waals surface area contributed by atoms with Crippen molar-refractivity contribution in [3.63, 3.8) is 0 Å². The zero-order chi connectivity index (χ0) is 9.68. The molecule has 0 heterocycles. The molecule has 0 atom stereocenters. The van der Waals surface area contributed by atoms with Gasteiger partial charge in [0.15, 0.2) is 0 Å². The summed E-state index contributed by atoms with van der Waals surface area (Å²) in [6.07, 6.45) is 2.49. The maximum atomic E-state index is 9.44. The van der Waals surface area contributed by atoms with Gasteiger partial charge >= 0.3 is 0 Å². The standard InChI is InChI=1S/C11H12NO/c1-2-3-4-5-9-8-10(12)6-7-11(9)13/h4,6-8,13H,5,12H2,1H3/p+1. The van der Waals surface area contributed by atoms with Crippen LogP contribution in [0.4, 0.5) is 5.69 Å². The van der Waals surface area contributed by atoms with Crippen molar-refractivity contribution >= 4 is 5.69 Å². The summed E-state index contributed by atoms with van der Waals surface area (Å²) in [5.41, 5.74) is 5.57. The van der Waals surface area contributed by atoms with Crippen molar-refractivity contribution in [2.45, 2.75) is 13.3 Å². The van der Waals surface area contributed by atoms with Gasteiger partial charge in [0.25, 0.3) is 0 Å². The third-order valence-electron chi connectivity index (χ3n) is 1.71. The first-order chi connectivity index (χ1) is 6.24. The van der Waals surface area contributed by atoms with Crippen molar-refractivity contribution in [2.75, 3.05) is 0 Å². The molecule has 1 aromatic rings. The highest BCUT2D eigenvalue weighted by atomic mass is 16.3. The number of hydrogen-bond acceptors (Lipinski definition) is 1. The molecule has 1 radical (unpaired) electrons. The molecule has 13 heavy (non-hydrogen) atoms. The van der Waals surface area contributed by atoms with Crippen LogP contribution >= 0.6 is 0 Å². The predicted molar refractivity (Wildman–Crippen MR) is 52.1 cm³/mol. The van der Waals surface area contributed by atoms with Crippen LogP contribution in [-0.4, -0.2) is 5.11 Å². The number of phenolic OH excluding ortho intramolecular Hbond substituents is 1. The van der Waals surface area contributed by atoms with Gasteiger partial charge < -0.3 is 10.8 Å². The Morgan fingerprint density at radius 3 is 3.00 bits per heavy atom. The van der Waals surface area contributed by atoms with E-state index in [1.54, 1.807) is 19.1 Å². The fourth-order valence-electron chi connectivity index (χ4n) is 1.07. The van der Waals surface area contributed by atoms with Crippen LogP contribution in [0.15, 0.2) is 18.2 Å². The van der Waals surface area contributed by atoms with Gasteiger partial charge in [0, 0.05) is 24.1 Å². The van der Waals surface area contributed by atoms with Gasteiger partial charge in [-0.15, -0.1) is 5.92 Å². The second kappa shape index (κ2) is 4.54. The van der Waals surface area contributed by atoms with Crippen molar-refractivity contribution in [3.05, 3.63) is 30.2 Å². The number of rotatable bonds is 2. The molecule has 2 heteroatoms. The van der Waals surface area contributed by atoms with Gasteiger partial charge in [0.2, 0.25) is 0 Å². The summed E-state index contributed by atoms with van der Waals surface area (Å²) in [7, 11) is 0. The Labute approximate surface area is 78.4 Å². The molecular formula is C11H13NO+. The van der Waals surface area contributed by atoms with E-state index in [2.05, 4.69) is 17.6 Å². The fraction of sp³-hybridized carbons (Fsp3) is 0.182. The lowest BCUT2D eigenvalue weighted by Crippen LogP contribution is -2.40. The average Bonchev–Trinajstić information content (AvgIpc) is 2.11. The summed E-state index contributed by atoms with van der Waals surface area (Å²) in [5.74, 6) is 5.91. The number of aromatic hydroxyl groups is 1. The zero-order valence-electron chi connectivity index (χ0n) is 7.67. The molecule has 0 unspecified atom stereocenters. The van der Waals surface area contributed by atoms with E-state index in [9.17, 15) is 5.11 Å². The molecule has 1 aromatic carbocycles. The first-order valence-corrected chi connectivity index (χ1v) is 4.12. The first-order valence-electron chi connectivity index (χ1n) is 4.12. The number of quaternary nitrogens is 1. The Kier molecular flexibility index (Phi) is 3.36. The summed E-state index contributed by atoms with van der Waals surface area (Å²) in [4.78, 5) is 0. The van der Waals surface area contributed by atoms with E-state index in [0.717, 1.165) is 11.3 Å². The van der Waals surface area contributed by atoms with E-state index >= 15 is 0 Å². The van der Waals surface area contributed by atoms with Crippen LogP contribution in [0.1, 0.15) is 12.5 Å². The fourth-order valence-corrected chi connectivity index (χ4v) is 1.07. The van der Waals surface area contributed by atoms with Gasteiger partial charge in [-0.3, -0.25) is 0 Å². The van der Waals surface area contributed by atoms with Gasteiger partial charge in [0.05, 0.1) is 0 Å². The first kappa shape index (κ1) is 9.63. The van der Waals surface area contributed by atoms with E-state index in [0.29, 0.717) is 12.2 Å². The maximum Gasteiger partial charge on any atom is 0.128 e. The summed E-state index contributed by atoms with van der Waals surface area (Å²) >= 11 is 0. The van der Waals surface area contributed by atoms with Gasteiger partial charge in [-0.1, -0.05) is 5.92 Å². The quantitative estimate of drug-likeness (QED) is 0.648. The molecule has 0 spiro atoms. The lowest BCUT2D eigenvalue weighted by atomic mass is 10.1. The Morgan fingerprint density at radius 1 is 1.54 bits per heavy atom. The molecule has 0 aromatic heterocycles. The van der Waals surface area contributed by atoms with Gasteiger partial charge in [-0.25, -0.2) is 0 Å². The number of hydrogen-bond donors (Lipinski definition) is 2. The van der Waals surface area contributed by atoms with E-state index < -0.39 is 0 Å². The molecule has 1 rings (SSSR count). The lowest BCUT2D eigenvalue weighted by molar-refractivity contribution is -0.254. The SMILES string of the molecule is CC#C[CH]Cc1cc([NH3+])ccc1O. The minimum absolute atomic E-state index is 0.307. The molecule has 0 aliphatic heterocycles. The summed E-state index contributed by atoms with van der Waals surface area (Å²) < 4.78 is 0. The molecular weight excluding hydrogens is 162 g/mol. The Hall–Kier alpha value is -1.46. The molecule has 2 nitrogen and oxygen atoms in total. The zero-order valence-corrected chi connectivity index (χ0v) is 7.67. The molecule has 67 valence electrons. The molecule has 4 N–H and O–H groups in total. The highest BCUT2D eigenvalue weighted by Gasteiger charge is 2.01. The van der Waals surface area contributed by atoms with Crippen LogP contribution in [0.25, 0.3) is 0 Å². The van der Waals surface area contributed by atoms with Gasteiger partial charge in [-0.2, -0.15) is 0 Å². The summed E-state index contributed by atoms with van der Waals surface area (Å²) in [5, 5.41) is 9.44. The molecule has 0 bridgehead atoms. The van der Waals surface area contributed by atoms with Crippen LogP contribution in [0.5, 0.6) is 5.75 Å². The van der Waals surface area contributed by atoms with Crippen molar-refractivity contribution in [3.8, 4) is 17.6 Å². The lowest BCUT2D eigenvalue weighted by Gasteiger charge is -2.00. The van der Waals surface area contributed by atoms with E-state index in [4.69, 9.17) is 0 Å². The number of phenols is 1. The smallest absolute Gasteiger partial charge is 0.128 e. The van der Waals surface area contributed by atoms with E-state index in [-0.39, 0.29) is 0 Å². The van der Waals surface area contributed by atoms with Crippen molar-refractivity contribution < 1.29 is 10.8 Å². The highest BCUT2D eigenvalue weighted by molar-refractivity contribution is 5.43. The summed E-state index contributed by atoms with van der Waals surface area (Å²) in [6.45, 7) is 1.79. The minimum Gasteiger partial charge on any atom is -0.508 e. The third kappa shape index (κ3) is 2.81. The second-order valence-corrected chi connectivity index (χ2v) is 2.77. The van der Waals surface area contributed by atoms with Crippen molar-refractivity contribution in [1.29, 1.82) is 0 Å². The van der Waals surface area contributed by atoms with Crippen LogP contribution in [0.2, 0.25) is 0 Å². The highest BCUT2D eigenvalue weighted by Crippen LogP contribution is 2.19. The molecule has 0 aliphatic rings. The molecule has 0 fully saturated rings. The predicted octanol–water partition coefficient (Wildman–Crippen LogP) is 1.04. The van der Waals surface area contributed by atoms with Crippen LogP contribution in [0, 0.1) is 18.3 Å². The van der Waals surface area contributed by atoms with Crippen molar-refractivity contribution in [1.82, 2.24) is 0 Å². The van der Waals surface area contributed by atoms with E-state index in [1.807, 2.05) is 12.5 Å². The normalized spacial score (nSPS) is 9.08. The van der Waals surface area contributed by atoms with Gasteiger partial charge in [0.1, 0.15) is 11.4 Å². The van der Waals surface area contributed by atoms with Gasteiger partial charge in [-0.05, 0) is 19.4 Å². The average molecular weight is 175 g/mol. The topological polar surface area (TPSA) is 47.9 Å². The van der Waals surface area contributed by atoms with Crippen LogP contribution < -0.4 is 5.73 Å². The van der Waals surface area contributed by atoms with Crippen molar-refractivity contribution in [2.24, 2.45) is 0 Å². The Balaban J connectivity index is 2.73. The largest absolute Gasteiger partial charge is 0.508 e. The van der Waals surface area contributed by atoms with Crippen LogP contribution in [-0.2, 0) is 6.42 Å². The number of benzene rings is 1. The Bertz CT molecular complexity index is 347. The Morgan fingerprint density at radius 2 is 2.31 bits per heavy atom. The molecule has 0 amide bonds. The third-order valence-corrected chi connectivity index (χ3v) is 1.71.